The number of aliphatic hydroxyl groups excluding tert-OH is 2. The summed E-state index contributed by atoms with van der Waals surface area (Å²) in [5, 5.41) is 19.1. The summed E-state index contributed by atoms with van der Waals surface area (Å²) in [5.41, 5.74) is 0. The van der Waals surface area contributed by atoms with Gasteiger partial charge in [-0.1, -0.05) is 0 Å². The first-order chi connectivity index (χ1) is 12.2. The van der Waals surface area contributed by atoms with E-state index in [2.05, 4.69) is 9.68 Å². The Morgan fingerprint density at radius 1 is 1.23 bits per heavy atom. The Bertz CT molecular complexity index is 534. The number of hydrogen-bond donors (Lipinski definition) is 2. The van der Waals surface area contributed by atoms with Gasteiger partial charge in [0.25, 0.3) is 11.8 Å². The highest BCUT2D eigenvalue weighted by Gasteiger charge is 2.36. The number of rotatable bonds is 8. The SMILES string of the molecule is CON(C)C(=O)CCC=O.O=CC(O)C(O)C(=O)ON1C(=O)CCC1=O. The van der Waals surface area contributed by atoms with Crippen molar-refractivity contribution in [2.75, 3.05) is 14.2 Å². The minimum Gasteiger partial charge on any atom is -0.382 e. The molecule has 1 aliphatic rings. The molecule has 2 atom stereocenters. The Hall–Kier alpha value is -2.70. The minimum absolute atomic E-state index is 0.0699. The molecule has 0 spiro atoms. The molecule has 0 saturated carbocycles. The van der Waals surface area contributed by atoms with Gasteiger partial charge in [0.1, 0.15) is 12.4 Å². The molecule has 1 rings (SSSR count). The van der Waals surface area contributed by atoms with Gasteiger partial charge in [0.05, 0.1) is 7.11 Å². The summed E-state index contributed by atoms with van der Waals surface area (Å²) in [6.07, 6.45) is -3.14. The Balaban J connectivity index is 0.000000541. The second-order valence-corrected chi connectivity index (χ2v) is 4.84. The topological polar surface area (TPSA) is 168 Å². The molecule has 1 heterocycles. The van der Waals surface area contributed by atoms with E-state index in [0.717, 1.165) is 5.06 Å². The molecular formula is C14H20N2O10. The van der Waals surface area contributed by atoms with Crippen molar-refractivity contribution in [2.24, 2.45) is 0 Å². The number of imide groups is 1. The molecule has 2 N–H and O–H groups in total. The molecule has 12 heteroatoms. The predicted octanol–water partition coefficient (Wildman–Crippen LogP) is -2.50. The normalized spacial score (nSPS) is 15.5. The molecule has 1 aliphatic heterocycles. The maximum Gasteiger partial charge on any atom is 0.364 e. The van der Waals surface area contributed by atoms with E-state index in [1.807, 2.05) is 0 Å². The lowest BCUT2D eigenvalue weighted by Crippen LogP contribution is -2.41. The van der Waals surface area contributed by atoms with Crippen LogP contribution in [0.4, 0.5) is 0 Å². The average molecular weight is 376 g/mol. The average Bonchev–Trinajstić information content (AvgIpc) is 2.96. The van der Waals surface area contributed by atoms with E-state index < -0.39 is 30.0 Å². The second-order valence-electron chi connectivity index (χ2n) is 4.84. The van der Waals surface area contributed by atoms with Crippen LogP contribution in [0.3, 0.4) is 0 Å². The maximum absolute atomic E-state index is 11.1. The van der Waals surface area contributed by atoms with Gasteiger partial charge in [-0.15, -0.1) is 5.06 Å². The zero-order valence-electron chi connectivity index (χ0n) is 14.2. The fraction of sp³-hybridized carbons (Fsp3) is 0.571. The van der Waals surface area contributed by atoms with Gasteiger partial charge in [-0.2, -0.15) is 0 Å². The van der Waals surface area contributed by atoms with E-state index >= 15 is 0 Å². The van der Waals surface area contributed by atoms with Gasteiger partial charge in [-0.3, -0.25) is 19.2 Å². The molecular weight excluding hydrogens is 356 g/mol. The molecule has 1 fully saturated rings. The van der Waals surface area contributed by atoms with Crippen molar-refractivity contribution in [1.29, 1.82) is 0 Å². The molecule has 0 aromatic heterocycles. The van der Waals surface area contributed by atoms with Crippen molar-refractivity contribution >= 4 is 36.3 Å². The molecule has 1 saturated heterocycles. The first-order valence-corrected chi connectivity index (χ1v) is 7.32. The van der Waals surface area contributed by atoms with Crippen LogP contribution in [0.1, 0.15) is 25.7 Å². The number of hydrogen-bond acceptors (Lipinski definition) is 10. The van der Waals surface area contributed by atoms with Gasteiger partial charge in [0.15, 0.2) is 12.4 Å². The first-order valence-electron chi connectivity index (χ1n) is 7.32. The number of aldehydes is 2. The third-order valence-corrected chi connectivity index (χ3v) is 2.99. The van der Waals surface area contributed by atoms with E-state index in [1.54, 1.807) is 0 Å². The summed E-state index contributed by atoms with van der Waals surface area (Å²) in [5.74, 6) is -3.06. The summed E-state index contributed by atoms with van der Waals surface area (Å²) in [4.78, 5) is 72.5. The van der Waals surface area contributed by atoms with E-state index in [4.69, 9.17) is 10.2 Å². The molecule has 0 radical (unpaired) electrons. The van der Waals surface area contributed by atoms with Crippen LogP contribution in [0.5, 0.6) is 0 Å². The van der Waals surface area contributed by atoms with Gasteiger partial charge >= 0.3 is 5.97 Å². The van der Waals surface area contributed by atoms with Crippen LogP contribution in [0, 0.1) is 0 Å². The van der Waals surface area contributed by atoms with Crippen LogP contribution in [0.15, 0.2) is 0 Å². The molecule has 3 amide bonds. The summed E-state index contributed by atoms with van der Waals surface area (Å²) in [6, 6.07) is 0. The van der Waals surface area contributed by atoms with Crippen molar-refractivity contribution in [3.8, 4) is 0 Å². The third-order valence-electron chi connectivity index (χ3n) is 2.99. The Morgan fingerprint density at radius 2 is 1.77 bits per heavy atom. The van der Waals surface area contributed by atoms with Gasteiger partial charge in [0.2, 0.25) is 5.91 Å². The summed E-state index contributed by atoms with van der Waals surface area (Å²) < 4.78 is 0. The molecule has 146 valence electrons. The van der Waals surface area contributed by atoms with Crippen LogP contribution in [-0.2, 0) is 38.4 Å². The van der Waals surface area contributed by atoms with E-state index in [0.29, 0.717) is 6.29 Å². The zero-order chi connectivity index (χ0) is 20.3. The van der Waals surface area contributed by atoms with Crippen molar-refractivity contribution < 1.29 is 48.7 Å². The smallest absolute Gasteiger partial charge is 0.364 e. The maximum atomic E-state index is 11.1. The highest BCUT2D eigenvalue weighted by atomic mass is 16.7. The lowest BCUT2D eigenvalue weighted by atomic mass is 10.2. The summed E-state index contributed by atoms with van der Waals surface area (Å²) >= 11 is 0. The zero-order valence-corrected chi connectivity index (χ0v) is 14.2. The van der Waals surface area contributed by atoms with Crippen molar-refractivity contribution in [3.05, 3.63) is 0 Å². The minimum atomic E-state index is -2.13. The van der Waals surface area contributed by atoms with Crippen LogP contribution < -0.4 is 0 Å². The van der Waals surface area contributed by atoms with Gasteiger partial charge < -0.3 is 24.6 Å². The largest absolute Gasteiger partial charge is 0.382 e. The number of nitrogens with zero attached hydrogens (tertiary/aromatic N) is 2. The molecule has 26 heavy (non-hydrogen) atoms. The molecule has 2 unspecified atom stereocenters. The lowest BCUT2D eigenvalue weighted by Gasteiger charge is -2.16. The number of hydroxylamine groups is 4. The van der Waals surface area contributed by atoms with Crippen molar-refractivity contribution in [2.45, 2.75) is 37.9 Å². The lowest BCUT2D eigenvalue weighted by molar-refractivity contribution is -0.206. The monoisotopic (exact) mass is 376 g/mol. The van der Waals surface area contributed by atoms with E-state index in [-0.39, 0.29) is 42.9 Å². The summed E-state index contributed by atoms with van der Waals surface area (Å²) in [7, 11) is 2.91. The highest BCUT2D eigenvalue weighted by Crippen LogP contribution is 2.12. The van der Waals surface area contributed by atoms with Crippen LogP contribution in [-0.4, -0.2) is 83.0 Å². The molecule has 12 nitrogen and oxygen atoms in total. The number of amides is 3. The predicted molar refractivity (Wildman–Crippen MR) is 80.3 cm³/mol. The Morgan fingerprint density at radius 3 is 2.19 bits per heavy atom. The Kier molecular flexibility index (Phi) is 10.6. The van der Waals surface area contributed by atoms with E-state index in [1.165, 1.54) is 14.2 Å². The standard InChI is InChI=1S/C8H9NO7.C6H11NO3/c10-3-4(11)7(14)8(15)16-9-5(12)1-2-6(9)13;1-7(10-2)6(9)4-3-5-8/h3-4,7,11,14H,1-2H2;5H,3-4H2,1-2H3. The quantitative estimate of drug-likeness (QED) is 0.262. The van der Waals surface area contributed by atoms with Gasteiger partial charge in [-0.05, 0) is 0 Å². The first kappa shape index (κ1) is 23.3. The number of carbonyl (C=O) groups excluding carboxylic acids is 6. The number of aliphatic hydroxyl groups is 2. The molecule has 0 bridgehead atoms. The molecule has 0 aromatic rings. The third kappa shape index (κ3) is 7.46. The van der Waals surface area contributed by atoms with Crippen LogP contribution in [0.25, 0.3) is 0 Å². The van der Waals surface area contributed by atoms with Gasteiger partial charge in [-0.25, -0.2) is 9.86 Å². The van der Waals surface area contributed by atoms with E-state index in [9.17, 15) is 28.8 Å². The van der Waals surface area contributed by atoms with Crippen molar-refractivity contribution in [1.82, 2.24) is 10.1 Å². The second kappa shape index (κ2) is 11.8. The van der Waals surface area contributed by atoms with Crippen molar-refractivity contribution in [3.63, 3.8) is 0 Å². The molecule has 0 aliphatic carbocycles. The Labute approximate surface area is 148 Å². The van der Waals surface area contributed by atoms with Gasteiger partial charge in [0, 0.05) is 32.7 Å². The fourth-order valence-electron chi connectivity index (χ4n) is 1.46. The van der Waals surface area contributed by atoms with Crippen LogP contribution >= 0.6 is 0 Å². The fourth-order valence-corrected chi connectivity index (χ4v) is 1.46. The highest BCUT2D eigenvalue weighted by molar-refractivity contribution is 6.01. The number of carbonyl (C=O) groups is 6. The van der Waals surface area contributed by atoms with Crippen LogP contribution in [0.2, 0.25) is 0 Å². The summed E-state index contributed by atoms with van der Waals surface area (Å²) in [6.45, 7) is 0. The molecule has 0 aromatic carbocycles.